The zero-order valence-electron chi connectivity index (χ0n) is 12.3. The molecule has 2 rings (SSSR count). The maximum absolute atomic E-state index is 13.0. The largest absolute Gasteiger partial charge is 0.309 e. The highest BCUT2D eigenvalue weighted by atomic mass is 35.5. The van der Waals surface area contributed by atoms with Crippen molar-refractivity contribution < 1.29 is 4.39 Å². The number of hydrogen-bond acceptors (Lipinski definition) is 2. The van der Waals surface area contributed by atoms with Crippen LogP contribution >= 0.6 is 11.6 Å². The van der Waals surface area contributed by atoms with Crippen molar-refractivity contribution in [1.82, 2.24) is 10.2 Å². The standard InChI is InChI=1S/C16H24ClFN2/c1-12-5-8-20(9-6-12)10-7-19-13(2)15-4-3-14(18)11-16(15)17/h3-4,11-13,19H,5-10H2,1-2H3. The highest BCUT2D eigenvalue weighted by molar-refractivity contribution is 6.31. The van der Waals surface area contributed by atoms with Gasteiger partial charge >= 0.3 is 0 Å². The quantitative estimate of drug-likeness (QED) is 0.888. The first-order valence-electron chi connectivity index (χ1n) is 7.47. The Kier molecular flexibility index (Phi) is 5.82. The second-order valence-electron chi connectivity index (χ2n) is 5.87. The number of likely N-dealkylation sites (tertiary alicyclic amines) is 1. The molecular weight excluding hydrogens is 275 g/mol. The Balaban J connectivity index is 1.76. The molecule has 0 aliphatic carbocycles. The van der Waals surface area contributed by atoms with E-state index in [1.54, 1.807) is 6.07 Å². The van der Waals surface area contributed by atoms with Gasteiger partial charge in [0.2, 0.25) is 0 Å². The third-order valence-corrected chi connectivity index (χ3v) is 4.51. The molecule has 0 saturated carbocycles. The van der Waals surface area contributed by atoms with Crippen LogP contribution in [0.1, 0.15) is 38.3 Å². The van der Waals surface area contributed by atoms with Gasteiger partial charge in [0.25, 0.3) is 0 Å². The molecule has 0 bridgehead atoms. The van der Waals surface area contributed by atoms with E-state index in [0.29, 0.717) is 5.02 Å². The smallest absolute Gasteiger partial charge is 0.124 e. The first-order valence-corrected chi connectivity index (χ1v) is 7.84. The third kappa shape index (κ3) is 4.44. The van der Waals surface area contributed by atoms with E-state index in [2.05, 4.69) is 24.1 Å². The van der Waals surface area contributed by atoms with Crippen LogP contribution in [0.3, 0.4) is 0 Å². The molecule has 1 heterocycles. The molecule has 20 heavy (non-hydrogen) atoms. The Morgan fingerprint density at radius 2 is 2.10 bits per heavy atom. The fourth-order valence-electron chi connectivity index (χ4n) is 2.69. The van der Waals surface area contributed by atoms with Crippen molar-refractivity contribution >= 4 is 11.6 Å². The van der Waals surface area contributed by atoms with Crippen molar-refractivity contribution in [1.29, 1.82) is 0 Å². The van der Waals surface area contributed by atoms with E-state index in [-0.39, 0.29) is 11.9 Å². The summed E-state index contributed by atoms with van der Waals surface area (Å²) in [5.74, 6) is 0.588. The highest BCUT2D eigenvalue weighted by Crippen LogP contribution is 2.23. The van der Waals surface area contributed by atoms with Crippen molar-refractivity contribution in [2.24, 2.45) is 5.92 Å². The SMILES string of the molecule is CC1CCN(CCNC(C)c2ccc(F)cc2Cl)CC1. The van der Waals surface area contributed by atoms with Crippen LogP contribution in [0.2, 0.25) is 5.02 Å². The van der Waals surface area contributed by atoms with Gasteiger partial charge in [0, 0.05) is 24.2 Å². The van der Waals surface area contributed by atoms with Crippen LogP contribution < -0.4 is 5.32 Å². The number of benzene rings is 1. The predicted octanol–water partition coefficient (Wildman–Crippen LogP) is 3.86. The molecule has 1 aromatic carbocycles. The van der Waals surface area contributed by atoms with Gasteiger partial charge in [-0.2, -0.15) is 0 Å². The Morgan fingerprint density at radius 3 is 2.75 bits per heavy atom. The van der Waals surface area contributed by atoms with Crippen LogP contribution in [0.4, 0.5) is 4.39 Å². The van der Waals surface area contributed by atoms with Gasteiger partial charge in [-0.05, 0) is 56.5 Å². The zero-order valence-corrected chi connectivity index (χ0v) is 13.1. The highest BCUT2D eigenvalue weighted by Gasteiger charge is 2.15. The lowest BCUT2D eigenvalue weighted by Crippen LogP contribution is -2.38. The molecule has 112 valence electrons. The van der Waals surface area contributed by atoms with E-state index in [1.165, 1.54) is 38.1 Å². The fraction of sp³-hybridized carbons (Fsp3) is 0.625. The maximum Gasteiger partial charge on any atom is 0.124 e. The van der Waals surface area contributed by atoms with Gasteiger partial charge in [0.15, 0.2) is 0 Å². The number of nitrogens with one attached hydrogen (secondary N) is 1. The summed E-state index contributed by atoms with van der Waals surface area (Å²) >= 11 is 6.08. The minimum Gasteiger partial charge on any atom is -0.309 e. The summed E-state index contributed by atoms with van der Waals surface area (Å²) in [6, 6.07) is 4.75. The van der Waals surface area contributed by atoms with E-state index in [1.807, 2.05) is 0 Å². The molecule has 0 amide bonds. The molecule has 2 nitrogen and oxygen atoms in total. The van der Waals surface area contributed by atoms with Gasteiger partial charge in [-0.3, -0.25) is 0 Å². The molecular formula is C16H24ClFN2. The Morgan fingerprint density at radius 1 is 1.40 bits per heavy atom. The van der Waals surface area contributed by atoms with E-state index in [9.17, 15) is 4.39 Å². The first kappa shape index (κ1) is 15.7. The maximum atomic E-state index is 13.0. The average Bonchev–Trinajstić information content (AvgIpc) is 2.41. The topological polar surface area (TPSA) is 15.3 Å². The average molecular weight is 299 g/mol. The van der Waals surface area contributed by atoms with Crippen LogP contribution in [0.25, 0.3) is 0 Å². The lowest BCUT2D eigenvalue weighted by molar-refractivity contribution is 0.191. The van der Waals surface area contributed by atoms with Gasteiger partial charge in [0.1, 0.15) is 5.82 Å². The molecule has 1 aliphatic heterocycles. The van der Waals surface area contributed by atoms with E-state index in [0.717, 1.165) is 24.6 Å². The molecule has 0 spiro atoms. The second-order valence-corrected chi connectivity index (χ2v) is 6.27. The zero-order chi connectivity index (χ0) is 14.5. The van der Waals surface area contributed by atoms with Crippen molar-refractivity contribution in [2.45, 2.75) is 32.7 Å². The van der Waals surface area contributed by atoms with E-state index in [4.69, 9.17) is 11.6 Å². The fourth-order valence-corrected chi connectivity index (χ4v) is 3.02. The number of rotatable bonds is 5. The number of hydrogen-bond donors (Lipinski definition) is 1. The molecule has 1 unspecified atom stereocenters. The summed E-state index contributed by atoms with van der Waals surface area (Å²) in [7, 11) is 0. The minimum atomic E-state index is -0.284. The van der Waals surface area contributed by atoms with Crippen molar-refractivity contribution in [3.8, 4) is 0 Å². The van der Waals surface area contributed by atoms with Gasteiger partial charge in [0.05, 0.1) is 0 Å². The summed E-state index contributed by atoms with van der Waals surface area (Å²) in [6.07, 6.45) is 2.61. The van der Waals surface area contributed by atoms with Gasteiger partial charge in [-0.15, -0.1) is 0 Å². The van der Waals surface area contributed by atoms with Gasteiger partial charge in [-0.1, -0.05) is 24.6 Å². The van der Waals surface area contributed by atoms with E-state index >= 15 is 0 Å². The summed E-state index contributed by atoms with van der Waals surface area (Å²) in [4.78, 5) is 2.51. The molecule has 1 N–H and O–H groups in total. The van der Waals surface area contributed by atoms with Crippen LogP contribution in [0.5, 0.6) is 0 Å². The summed E-state index contributed by atoms with van der Waals surface area (Å²) < 4.78 is 13.0. The summed E-state index contributed by atoms with van der Waals surface area (Å²) in [5.41, 5.74) is 0.959. The molecule has 0 radical (unpaired) electrons. The van der Waals surface area contributed by atoms with Gasteiger partial charge < -0.3 is 10.2 Å². The van der Waals surface area contributed by atoms with Crippen molar-refractivity contribution in [3.63, 3.8) is 0 Å². The minimum absolute atomic E-state index is 0.145. The second kappa shape index (κ2) is 7.39. The molecule has 0 aromatic heterocycles. The third-order valence-electron chi connectivity index (χ3n) is 4.18. The Bertz CT molecular complexity index is 430. The summed E-state index contributed by atoms with van der Waals surface area (Å²) in [5, 5.41) is 3.97. The summed E-state index contributed by atoms with van der Waals surface area (Å²) in [6.45, 7) is 8.80. The predicted molar refractivity (Wildman–Crippen MR) is 82.7 cm³/mol. The first-order chi connectivity index (χ1) is 9.56. The Hall–Kier alpha value is -0.640. The normalized spacial score (nSPS) is 19.2. The van der Waals surface area contributed by atoms with E-state index < -0.39 is 0 Å². The van der Waals surface area contributed by atoms with Gasteiger partial charge in [-0.25, -0.2) is 4.39 Å². The molecule has 1 aromatic rings. The van der Waals surface area contributed by atoms with Crippen LogP contribution in [0.15, 0.2) is 18.2 Å². The van der Waals surface area contributed by atoms with Crippen LogP contribution in [-0.4, -0.2) is 31.1 Å². The van der Waals surface area contributed by atoms with Crippen molar-refractivity contribution in [2.75, 3.05) is 26.2 Å². The van der Waals surface area contributed by atoms with Crippen LogP contribution in [-0.2, 0) is 0 Å². The number of halogens is 2. The monoisotopic (exact) mass is 298 g/mol. The molecule has 4 heteroatoms. The Labute approximate surface area is 126 Å². The lowest BCUT2D eigenvalue weighted by Gasteiger charge is -2.30. The molecule has 1 saturated heterocycles. The van der Waals surface area contributed by atoms with Crippen molar-refractivity contribution in [3.05, 3.63) is 34.6 Å². The lowest BCUT2D eigenvalue weighted by atomic mass is 9.99. The molecule has 1 atom stereocenters. The number of piperidine rings is 1. The van der Waals surface area contributed by atoms with Crippen LogP contribution in [0, 0.1) is 11.7 Å². The molecule has 1 fully saturated rings. The number of nitrogens with zero attached hydrogens (tertiary/aromatic N) is 1. The molecule has 1 aliphatic rings.